The van der Waals surface area contributed by atoms with E-state index in [4.69, 9.17) is 15.6 Å². The summed E-state index contributed by atoms with van der Waals surface area (Å²) in [5.74, 6) is -0.603. The second kappa shape index (κ2) is 14.4. The molecule has 0 saturated carbocycles. The van der Waals surface area contributed by atoms with Gasteiger partial charge in [0.25, 0.3) is 5.91 Å². The number of carboxylic acids is 1. The van der Waals surface area contributed by atoms with Crippen molar-refractivity contribution in [2.75, 3.05) is 17.2 Å². The highest BCUT2D eigenvalue weighted by Gasteiger charge is 2.12. The van der Waals surface area contributed by atoms with Crippen LogP contribution in [-0.2, 0) is 11.3 Å². The largest absolute Gasteiger partial charge is 0.481 e. The van der Waals surface area contributed by atoms with E-state index < -0.39 is 17.8 Å². The molecule has 0 unspecified atom stereocenters. The van der Waals surface area contributed by atoms with Gasteiger partial charge >= 0.3 is 12.0 Å². The molecule has 2 heterocycles. The Labute approximate surface area is 241 Å². The van der Waals surface area contributed by atoms with Gasteiger partial charge in [0.05, 0.1) is 22.6 Å². The number of nitrogens with one attached hydrogen (secondary N) is 4. The molecule has 11 nitrogen and oxygen atoms in total. The molecule has 7 N–H and O–H groups in total. The smallest absolute Gasteiger partial charge is 0.323 e. The molecule has 3 amide bonds. The van der Waals surface area contributed by atoms with Crippen molar-refractivity contribution in [2.24, 2.45) is 5.73 Å². The van der Waals surface area contributed by atoms with Gasteiger partial charge in [0, 0.05) is 43.7 Å². The highest BCUT2D eigenvalue weighted by Crippen LogP contribution is 2.27. The second-order valence-corrected chi connectivity index (χ2v) is 9.36. The summed E-state index contributed by atoms with van der Waals surface area (Å²) >= 11 is 0. The molecule has 12 heteroatoms. The van der Waals surface area contributed by atoms with Crippen molar-refractivity contribution >= 4 is 29.3 Å². The van der Waals surface area contributed by atoms with E-state index in [1.165, 1.54) is 12.1 Å². The highest BCUT2D eigenvalue weighted by molar-refractivity contribution is 6.00. The molecular weight excluding hydrogens is 543 g/mol. The lowest BCUT2D eigenvalue weighted by Gasteiger charge is -2.11. The minimum atomic E-state index is -0.820. The first kappa shape index (κ1) is 29.7. The normalized spacial score (nSPS) is 10.6. The molecule has 2 aromatic carbocycles. The van der Waals surface area contributed by atoms with Gasteiger partial charge in [0.15, 0.2) is 0 Å². The number of aromatic nitrogens is 2. The summed E-state index contributed by atoms with van der Waals surface area (Å²) in [4.78, 5) is 42.7. The minimum Gasteiger partial charge on any atom is -0.481 e. The van der Waals surface area contributed by atoms with E-state index in [2.05, 4.69) is 25.9 Å². The third-order valence-corrected chi connectivity index (χ3v) is 6.17. The Balaban J connectivity index is 1.29. The van der Waals surface area contributed by atoms with Crippen LogP contribution in [0.1, 0.15) is 41.6 Å². The molecule has 0 aliphatic heterocycles. The van der Waals surface area contributed by atoms with Crippen LogP contribution in [0.5, 0.6) is 11.5 Å². The molecule has 218 valence electrons. The average Bonchev–Trinajstić information content (AvgIpc) is 3.48. The lowest BCUT2D eigenvalue weighted by Crippen LogP contribution is -2.23. The summed E-state index contributed by atoms with van der Waals surface area (Å²) in [5.41, 5.74) is 8.42. The number of unbranched alkanes of at least 4 members (excludes halogenated alkanes) is 2. The summed E-state index contributed by atoms with van der Waals surface area (Å²) in [6.07, 6.45) is 5.31. The number of pyridine rings is 1. The number of carboxylic acid groups (broad SMARTS) is 1. The SMILES string of the molecule is NCc1ccc(F)c(NC(=O)Nc2ccc(Oc3ccnc(-c4cc(C(=O)NCCCCCC(=O)O)c[nH]4)c3)cc2)c1. The van der Waals surface area contributed by atoms with Gasteiger partial charge in [0.2, 0.25) is 0 Å². The van der Waals surface area contributed by atoms with Crippen LogP contribution in [0.3, 0.4) is 0 Å². The number of anilines is 2. The van der Waals surface area contributed by atoms with Crippen LogP contribution in [0.15, 0.2) is 73.1 Å². The number of hydrogen-bond donors (Lipinski definition) is 6. The van der Waals surface area contributed by atoms with Crippen LogP contribution in [0.25, 0.3) is 11.4 Å². The van der Waals surface area contributed by atoms with Crippen molar-refractivity contribution in [1.82, 2.24) is 15.3 Å². The molecule has 0 aliphatic rings. The molecule has 4 rings (SSSR count). The molecule has 0 saturated heterocycles. The molecule has 4 aromatic rings. The van der Waals surface area contributed by atoms with Crippen molar-refractivity contribution in [3.8, 4) is 22.9 Å². The van der Waals surface area contributed by atoms with Crippen molar-refractivity contribution < 1.29 is 28.6 Å². The molecule has 2 aromatic heterocycles. The molecule has 0 spiro atoms. The number of aliphatic carboxylic acids is 1. The van der Waals surface area contributed by atoms with Gasteiger partial charge in [-0.15, -0.1) is 0 Å². The summed E-state index contributed by atoms with van der Waals surface area (Å²) in [7, 11) is 0. The number of halogens is 1. The van der Waals surface area contributed by atoms with Crippen LogP contribution in [0.2, 0.25) is 0 Å². The second-order valence-electron chi connectivity index (χ2n) is 9.36. The quantitative estimate of drug-likeness (QED) is 0.115. The Kier molecular flexibility index (Phi) is 10.2. The Hall–Kier alpha value is -5.23. The Morgan fingerprint density at radius 1 is 0.952 bits per heavy atom. The third kappa shape index (κ3) is 8.63. The minimum absolute atomic E-state index is 0.0312. The van der Waals surface area contributed by atoms with Crippen molar-refractivity contribution in [3.63, 3.8) is 0 Å². The maximum absolute atomic E-state index is 14.0. The predicted molar refractivity (Wildman–Crippen MR) is 156 cm³/mol. The molecule has 0 aliphatic carbocycles. The summed E-state index contributed by atoms with van der Waals surface area (Å²) in [5, 5.41) is 16.6. The fraction of sp³-hybridized carbons (Fsp3) is 0.200. The summed E-state index contributed by atoms with van der Waals surface area (Å²) in [6.45, 7) is 0.681. The lowest BCUT2D eigenvalue weighted by atomic mass is 10.2. The zero-order chi connectivity index (χ0) is 29.9. The monoisotopic (exact) mass is 574 g/mol. The van der Waals surface area contributed by atoms with E-state index in [1.54, 1.807) is 60.9 Å². The lowest BCUT2D eigenvalue weighted by molar-refractivity contribution is -0.137. The number of aromatic amines is 1. The fourth-order valence-corrected chi connectivity index (χ4v) is 4.00. The predicted octanol–water partition coefficient (Wildman–Crippen LogP) is 5.49. The van der Waals surface area contributed by atoms with Crippen LogP contribution >= 0.6 is 0 Å². The van der Waals surface area contributed by atoms with Crippen molar-refractivity contribution in [2.45, 2.75) is 32.2 Å². The van der Waals surface area contributed by atoms with E-state index in [0.29, 0.717) is 59.1 Å². The maximum atomic E-state index is 14.0. The zero-order valence-corrected chi connectivity index (χ0v) is 22.7. The Bertz CT molecular complexity index is 1540. The number of benzene rings is 2. The van der Waals surface area contributed by atoms with E-state index >= 15 is 0 Å². The Morgan fingerprint density at radius 2 is 1.76 bits per heavy atom. The first-order valence-electron chi connectivity index (χ1n) is 13.3. The van der Waals surface area contributed by atoms with E-state index in [1.807, 2.05) is 0 Å². The average molecular weight is 575 g/mol. The van der Waals surface area contributed by atoms with Gasteiger partial charge in [-0.2, -0.15) is 0 Å². The van der Waals surface area contributed by atoms with E-state index in [-0.39, 0.29) is 24.6 Å². The summed E-state index contributed by atoms with van der Waals surface area (Å²) < 4.78 is 19.9. The molecule has 0 fully saturated rings. The number of amides is 3. The van der Waals surface area contributed by atoms with Crippen LogP contribution < -0.4 is 26.4 Å². The Morgan fingerprint density at radius 3 is 2.52 bits per heavy atom. The maximum Gasteiger partial charge on any atom is 0.323 e. The van der Waals surface area contributed by atoms with Crippen molar-refractivity contribution in [3.05, 3.63) is 90.0 Å². The fourth-order valence-electron chi connectivity index (χ4n) is 4.00. The number of hydrogen-bond acceptors (Lipinski definition) is 6. The molecule has 42 heavy (non-hydrogen) atoms. The van der Waals surface area contributed by atoms with Gasteiger partial charge < -0.3 is 36.5 Å². The van der Waals surface area contributed by atoms with Gasteiger partial charge in [-0.3, -0.25) is 14.6 Å². The number of carbonyl (C=O) groups is 3. The molecule has 0 radical (unpaired) electrons. The number of urea groups is 1. The highest BCUT2D eigenvalue weighted by atomic mass is 19.1. The standard InChI is InChI=1S/C30H31FN6O5/c31-24-10-5-19(17-32)14-25(24)37-30(41)36-21-6-8-22(9-7-21)42-23-11-13-33-27(16-23)26-15-20(18-35-26)29(40)34-12-3-1-2-4-28(38)39/h5-11,13-16,18,35H,1-4,12,17,32H2,(H,34,40)(H,38,39)(H2,36,37,41). The topological polar surface area (TPSA) is 171 Å². The van der Waals surface area contributed by atoms with Gasteiger partial charge in [-0.25, -0.2) is 9.18 Å². The number of carbonyl (C=O) groups excluding carboxylic acids is 2. The van der Waals surface area contributed by atoms with Gasteiger partial charge in [-0.05, 0) is 66.9 Å². The number of H-pyrrole nitrogens is 1. The number of nitrogens with zero attached hydrogens (tertiary/aromatic N) is 1. The molecular formula is C30H31FN6O5. The van der Waals surface area contributed by atoms with Gasteiger partial charge in [0.1, 0.15) is 17.3 Å². The van der Waals surface area contributed by atoms with Crippen molar-refractivity contribution in [1.29, 1.82) is 0 Å². The first-order chi connectivity index (χ1) is 20.3. The number of ether oxygens (including phenoxy) is 1. The zero-order valence-electron chi connectivity index (χ0n) is 22.7. The number of rotatable bonds is 13. The van der Waals surface area contributed by atoms with E-state index in [0.717, 1.165) is 6.42 Å². The van der Waals surface area contributed by atoms with Crippen LogP contribution in [0, 0.1) is 5.82 Å². The first-order valence-corrected chi connectivity index (χ1v) is 13.3. The van der Waals surface area contributed by atoms with Crippen LogP contribution in [0.4, 0.5) is 20.6 Å². The van der Waals surface area contributed by atoms with Gasteiger partial charge in [-0.1, -0.05) is 12.5 Å². The third-order valence-electron chi connectivity index (χ3n) is 6.17. The molecule has 0 bridgehead atoms. The summed E-state index contributed by atoms with van der Waals surface area (Å²) in [6, 6.07) is 15.4. The van der Waals surface area contributed by atoms with E-state index in [9.17, 15) is 18.8 Å². The molecule has 0 atom stereocenters. The number of nitrogens with two attached hydrogens (primary N) is 1. The van der Waals surface area contributed by atoms with Crippen LogP contribution in [-0.4, -0.2) is 39.5 Å².